The summed E-state index contributed by atoms with van der Waals surface area (Å²) in [6.45, 7) is 5.97. The molecule has 0 bridgehead atoms. The minimum atomic E-state index is 0.663. The van der Waals surface area contributed by atoms with Crippen LogP contribution < -0.4 is 0 Å². The summed E-state index contributed by atoms with van der Waals surface area (Å²) in [4.78, 5) is 0. The Morgan fingerprint density at radius 1 is 1.31 bits per heavy atom. The van der Waals surface area contributed by atoms with Crippen molar-refractivity contribution in [2.75, 3.05) is 0 Å². The van der Waals surface area contributed by atoms with E-state index in [1.807, 2.05) is 20.8 Å². The molecule has 0 atom stereocenters. The molecule has 1 aliphatic carbocycles. The van der Waals surface area contributed by atoms with E-state index in [9.17, 15) is 0 Å². The number of aryl methyl sites for hydroxylation is 1. The van der Waals surface area contributed by atoms with Crippen LogP contribution in [0.2, 0.25) is 0 Å². The maximum Gasteiger partial charge on any atom is 0.140 e. The van der Waals surface area contributed by atoms with Crippen LogP contribution in [0.3, 0.4) is 0 Å². The summed E-state index contributed by atoms with van der Waals surface area (Å²) in [5, 5.41) is 3.89. The van der Waals surface area contributed by atoms with E-state index in [0.29, 0.717) is 5.92 Å². The highest BCUT2D eigenvalue weighted by molar-refractivity contribution is 5.09. The normalized spacial score (nSPS) is 16.8. The largest absolute Gasteiger partial charge is 0.361 e. The Kier molecular flexibility index (Phi) is 4.00. The summed E-state index contributed by atoms with van der Waals surface area (Å²) in [6, 6.07) is 2.07. The van der Waals surface area contributed by atoms with Crippen molar-refractivity contribution < 1.29 is 4.52 Å². The zero-order valence-electron chi connectivity index (χ0n) is 8.84. The highest BCUT2D eigenvalue weighted by Crippen LogP contribution is 2.33. The van der Waals surface area contributed by atoms with Crippen LogP contribution in [-0.2, 0) is 0 Å². The molecule has 1 heterocycles. The summed E-state index contributed by atoms with van der Waals surface area (Å²) < 4.78 is 5.20. The van der Waals surface area contributed by atoms with Gasteiger partial charge in [0.2, 0.25) is 0 Å². The minimum Gasteiger partial charge on any atom is -0.361 e. The third-order valence-electron chi connectivity index (χ3n) is 2.40. The molecule has 2 rings (SSSR count). The van der Waals surface area contributed by atoms with Crippen molar-refractivity contribution in [2.24, 2.45) is 0 Å². The van der Waals surface area contributed by atoms with Crippen LogP contribution in [0.25, 0.3) is 0 Å². The standard InChI is InChI=1S/C9H13NO.C2H6/c1-7-6-9(11-10-7)8-4-2-3-5-8;1-2/h6,8H,2-5H2,1H3;1-2H3. The lowest BCUT2D eigenvalue weighted by Gasteiger charge is -2.00. The monoisotopic (exact) mass is 181 g/mol. The van der Waals surface area contributed by atoms with E-state index < -0.39 is 0 Å². The van der Waals surface area contributed by atoms with Crippen molar-refractivity contribution >= 4 is 0 Å². The lowest BCUT2D eigenvalue weighted by Crippen LogP contribution is -1.87. The smallest absolute Gasteiger partial charge is 0.140 e. The molecule has 0 unspecified atom stereocenters. The van der Waals surface area contributed by atoms with E-state index in [2.05, 4.69) is 11.2 Å². The molecule has 0 aromatic carbocycles. The molecule has 1 saturated carbocycles. The van der Waals surface area contributed by atoms with Gasteiger partial charge in [0.05, 0.1) is 5.69 Å². The first-order chi connectivity index (χ1) is 6.36. The average molecular weight is 181 g/mol. The van der Waals surface area contributed by atoms with Gasteiger partial charge in [-0.2, -0.15) is 0 Å². The van der Waals surface area contributed by atoms with Crippen LogP contribution in [0.1, 0.15) is 56.9 Å². The van der Waals surface area contributed by atoms with E-state index in [1.165, 1.54) is 25.7 Å². The topological polar surface area (TPSA) is 26.0 Å². The third kappa shape index (κ3) is 2.58. The summed E-state index contributed by atoms with van der Waals surface area (Å²) in [7, 11) is 0. The fraction of sp³-hybridized carbons (Fsp3) is 0.727. The first-order valence-electron chi connectivity index (χ1n) is 5.29. The molecule has 2 nitrogen and oxygen atoms in total. The van der Waals surface area contributed by atoms with Crippen LogP contribution >= 0.6 is 0 Å². The van der Waals surface area contributed by atoms with Gasteiger partial charge in [-0.05, 0) is 19.8 Å². The van der Waals surface area contributed by atoms with Crippen molar-refractivity contribution in [3.63, 3.8) is 0 Å². The van der Waals surface area contributed by atoms with Crippen LogP contribution in [-0.4, -0.2) is 5.16 Å². The van der Waals surface area contributed by atoms with Gasteiger partial charge in [-0.15, -0.1) is 0 Å². The number of nitrogens with zero attached hydrogens (tertiary/aromatic N) is 1. The van der Waals surface area contributed by atoms with E-state index in [4.69, 9.17) is 4.52 Å². The van der Waals surface area contributed by atoms with Crippen LogP contribution in [0.4, 0.5) is 0 Å². The molecule has 1 aliphatic rings. The average Bonchev–Trinajstić information content (AvgIpc) is 2.77. The summed E-state index contributed by atoms with van der Waals surface area (Å²) in [6.07, 6.45) is 5.28. The van der Waals surface area contributed by atoms with E-state index in [-0.39, 0.29) is 0 Å². The van der Waals surface area contributed by atoms with Gasteiger partial charge in [0.15, 0.2) is 0 Å². The molecule has 1 aromatic heterocycles. The molecule has 0 spiro atoms. The van der Waals surface area contributed by atoms with Crippen molar-refractivity contribution in [1.29, 1.82) is 0 Å². The minimum absolute atomic E-state index is 0.663. The molecule has 0 radical (unpaired) electrons. The van der Waals surface area contributed by atoms with Crippen LogP contribution in [0.15, 0.2) is 10.6 Å². The molecule has 2 heteroatoms. The van der Waals surface area contributed by atoms with Crippen molar-refractivity contribution in [3.8, 4) is 0 Å². The molecule has 74 valence electrons. The molecule has 0 saturated heterocycles. The van der Waals surface area contributed by atoms with E-state index in [1.54, 1.807) is 0 Å². The van der Waals surface area contributed by atoms with Gasteiger partial charge < -0.3 is 4.52 Å². The SMILES string of the molecule is CC.Cc1cc(C2CCCC2)on1. The second-order valence-corrected chi connectivity index (χ2v) is 3.35. The van der Waals surface area contributed by atoms with E-state index >= 15 is 0 Å². The van der Waals surface area contributed by atoms with Crippen LogP contribution in [0, 0.1) is 6.92 Å². The molecule has 0 amide bonds. The molecule has 13 heavy (non-hydrogen) atoms. The van der Waals surface area contributed by atoms with E-state index in [0.717, 1.165) is 11.5 Å². The molecular formula is C11H19NO. The molecule has 1 aromatic rings. The highest BCUT2D eigenvalue weighted by atomic mass is 16.5. The Balaban J connectivity index is 0.000000396. The van der Waals surface area contributed by atoms with Gasteiger partial charge in [-0.25, -0.2) is 0 Å². The highest BCUT2D eigenvalue weighted by Gasteiger charge is 2.20. The number of hydrogen-bond acceptors (Lipinski definition) is 2. The fourth-order valence-corrected chi connectivity index (χ4v) is 1.79. The van der Waals surface area contributed by atoms with Gasteiger partial charge in [-0.3, -0.25) is 0 Å². The Morgan fingerprint density at radius 3 is 2.38 bits per heavy atom. The van der Waals surface area contributed by atoms with Crippen molar-refractivity contribution in [1.82, 2.24) is 5.16 Å². The van der Waals surface area contributed by atoms with Crippen LogP contribution in [0.5, 0.6) is 0 Å². The maximum absolute atomic E-state index is 5.20. The number of hydrogen-bond donors (Lipinski definition) is 0. The lowest BCUT2D eigenvalue weighted by molar-refractivity contribution is 0.358. The Bertz CT molecular complexity index is 236. The maximum atomic E-state index is 5.20. The van der Waals surface area contributed by atoms with Gasteiger partial charge in [0, 0.05) is 12.0 Å². The molecular weight excluding hydrogens is 162 g/mol. The Morgan fingerprint density at radius 2 is 1.92 bits per heavy atom. The van der Waals surface area contributed by atoms with Gasteiger partial charge in [-0.1, -0.05) is 31.8 Å². The van der Waals surface area contributed by atoms with Gasteiger partial charge in [0.25, 0.3) is 0 Å². The second-order valence-electron chi connectivity index (χ2n) is 3.35. The Hall–Kier alpha value is -0.790. The van der Waals surface area contributed by atoms with Crippen molar-refractivity contribution in [2.45, 2.75) is 52.4 Å². The lowest BCUT2D eigenvalue weighted by atomic mass is 10.1. The number of aromatic nitrogens is 1. The van der Waals surface area contributed by atoms with Gasteiger partial charge >= 0.3 is 0 Å². The summed E-state index contributed by atoms with van der Waals surface area (Å²) in [5.41, 5.74) is 1.01. The molecule has 1 fully saturated rings. The first-order valence-corrected chi connectivity index (χ1v) is 5.29. The first kappa shape index (κ1) is 10.3. The predicted molar refractivity (Wildman–Crippen MR) is 53.8 cm³/mol. The molecule has 0 aliphatic heterocycles. The number of rotatable bonds is 1. The fourth-order valence-electron chi connectivity index (χ4n) is 1.79. The zero-order valence-corrected chi connectivity index (χ0v) is 8.84. The summed E-state index contributed by atoms with van der Waals surface area (Å²) in [5.74, 6) is 1.76. The summed E-state index contributed by atoms with van der Waals surface area (Å²) >= 11 is 0. The van der Waals surface area contributed by atoms with Crippen molar-refractivity contribution in [3.05, 3.63) is 17.5 Å². The molecule has 0 N–H and O–H groups in total. The Labute approximate surface area is 80.3 Å². The third-order valence-corrected chi connectivity index (χ3v) is 2.40. The quantitative estimate of drug-likeness (QED) is 0.660. The second kappa shape index (κ2) is 5.05. The zero-order chi connectivity index (χ0) is 9.68. The predicted octanol–water partition coefficient (Wildman–Crippen LogP) is 3.67. The van der Waals surface area contributed by atoms with Gasteiger partial charge in [0.1, 0.15) is 5.76 Å².